The molecule has 0 aromatic carbocycles. The Morgan fingerprint density at radius 3 is 3.00 bits per heavy atom. The number of hydrogen-bond donors (Lipinski definition) is 1. The van der Waals surface area contributed by atoms with Crippen LogP contribution in [0.5, 0.6) is 0 Å². The molecule has 0 spiro atoms. The summed E-state index contributed by atoms with van der Waals surface area (Å²) in [5, 5.41) is 3.71. The lowest BCUT2D eigenvalue weighted by Crippen LogP contribution is -2.41. The van der Waals surface area contributed by atoms with Crippen LogP contribution in [0, 0.1) is 13.8 Å². The van der Waals surface area contributed by atoms with E-state index in [1.807, 2.05) is 4.90 Å². The molecule has 0 aliphatic carbocycles. The van der Waals surface area contributed by atoms with Crippen LogP contribution >= 0.6 is 0 Å². The number of nitrogens with zero attached hydrogens (tertiary/aromatic N) is 4. The largest absolute Gasteiger partial charge is 0.593 e. The van der Waals surface area contributed by atoms with E-state index in [4.69, 9.17) is 8.94 Å². The summed E-state index contributed by atoms with van der Waals surface area (Å²) in [6.45, 7) is 4.30. The van der Waals surface area contributed by atoms with Crippen molar-refractivity contribution in [1.82, 2.24) is 19.8 Å². The van der Waals surface area contributed by atoms with E-state index in [-0.39, 0.29) is 16.7 Å². The summed E-state index contributed by atoms with van der Waals surface area (Å²) in [5.41, 5.74) is 1.50. The standard InChI is InChI=1S/C15H17N5O4S/c1-9-13(10(2)24-18-9)25(21,22)19-11-5-7-20(8-11)15-17-14-12(23-15)4-3-6-16-14/h3-4,6,11H,5,7-8H2,1-2H3,(H-,19,21,22). The molecule has 1 aliphatic rings. The minimum atomic E-state index is -3.69. The summed E-state index contributed by atoms with van der Waals surface area (Å²) in [5.74, 6) is 0.282. The van der Waals surface area contributed by atoms with Crippen LogP contribution in [0.4, 0.5) is 6.01 Å². The topological polar surface area (TPSA) is 120 Å². The molecule has 0 saturated carbocycles. The van der Waals surface area contributed by atoms with Gasteiger partial charge in [0.1, 0.15) is 5.69 Å². The van der Waals surface area contributed by atoms with Gasteiger partial charge in [-0.25, -0.2) is 4.98 Å². The number of hydrogen-bond acceptors (Lipinski definition) is 8. The van der Waals surface area contributed by atoms with Crippen LogP contribution in [0.2, 0.25) is 0 Å². The molecule has 1 aliphatic heterocycles. The van der Waals surface area contributed by atoms with Gasteiger partial charge in [0.15, 0.2) is 21.7 Å². The van der Waals surface area contributed by atoms with E-state index in [0.29, 0.717) is 42.4 Å². The van der Waals surface area contributed by atoms with Gasteiger partial charge in [-0.1, -0.05) is 9.37 Å². The van der Waals surface area contributed by atoms with E-state index >= 15 is 0 Å². The first kappa shape index (κ1) is 16.2. The average Bonchev–Trinajstić information content (AvgIpc) is 3.25. The Hall–Kier alpha value is -2.30. The highest BCUT2D eigenvalue weighted by Gasteiger charge is 2.36. The summed E-state index contributed by atoms with van der Waals surface area (Å²) in [6.07, 6.45) is 2.30. The van der Waals surface area contributed by atoms with Crippen LogP contribution in [0.25, 0.3) is 11.2 Å². The minimum Gasteiger partial charge on any atom is -0.593 e. The monoisotopic (exact) mass is 363 g/mol. The van der Waals surface area contributed by atoms with Gasteiger partial charge in [-0.05, 0) is 25.5 Å². The van der Waals surface area contributed by atoms with Crippen LogP contribution in [0.3, 0.4) is 0 Å². The highest BCUT2D eigenvalue weighted by atomic mass is 32.3. The number of rotatable bonds is 4. The van der Waals surface area contributed by atoms with Crippen molar-refractivity contribution in [2.75, 3.05) is 18.0 Å². The van der Waals surface area contributed by atoms with E-state index < -0.39 is 10.4 Å². The minimum absolute atomic E-state index is 0.108. The van der Waals surface area contributed by atoms with Gasteiger partial charge in [0.25, 0.3) is 6.01 Å². The van der Waals surface area contributed by atoms with Crippen molar-refractivity contribution in [3.8, 4) is 0 Å². The molecule has 1 fully saturated rings. The van der Waals surface area contributed by atoms with Gasteiger partial charge in [0.2, 0.25) is 10.5 Å². The lowest BCUT2D eigenvalue weighted by molar-refractivity contribution is 0.389. The van der Waals surface area contributed by atoms with Gasteiger partial charge in [-0.15, -0.1) is 4.72 Å². The first-order valence-corrected chi connectivity index (χ1v) is 9.34. The van der Waals surface area contributed by atoms with E-state index in [1.54, 1.807) is 32.2 Å². The Kier molecular flexibility index (Phi) is 3.82. The molecular formula is C15H17N5O4S. The van der Waals surface area contributed by atoms with E-state index in [2.05, 4.69) is 19.8 Å². The van der Waals surface area contributed by atoms with Crippen molar-refractivity contribution in [3.63, 3.8) is 0 Å². The number of aromatic nitrogens is 3. The Bertz CT molecular complexity index is 915. The Morgan fingerprint density at radius 2 is 2.28 bits per heavy atom. The molecule has 4 heterocycles. The van der Waals surface area contributed by atoms with Gasteiger partial charge < -0.3 is 18.4 Å². The molecule has 9 nitrogen and oxygen atoms in total. The fourth-order valence-corrected chi connectivity index (χ4v) is 4.65. The third-order valence-electron chi connectivity index (χ3n) is 4.17. The van der Waals surface area contributed by atoms with Crippen molar-refractivity contribution >= 4 is 27.6 Å². The average molecular weight is 363 g/mol. The highest BCUT2D eigenvalue weighted by Crippen LogP contribution is 2.27. The number of pyridine rings is 1. The molecule has 0 amide bonds. The van der Waals surface area contributed by atoms with Crippen molar-refractivity contribution in [1.29, 1.82) is 0 Å². The third kappa shape index (κ3) is 2.92. The van der Waals surface area contributed by atoms with Crippen LogP contribution in [0.1, 0.15) is 17.9 Å². The molecule has 25 heavy (non-hydrogen) atoms. The van der Waals surface area contributed by atoms with Crippen molar-refractivity contribution in [3.05, 3.63) is 29.8 Å². The molecule has 0 bridgehead atoms. The molecule has 1 saturated heterocycles. The van der Waals surface area contributed by atoms with Crippen molar-refractivity contribution < 1.29 is 17.7 Å². The summed E-state index contributed by atoms with van der Waals surface area (Å²) >= 11 is 0. The lowest BCUT2D eigenvalue weighted by atomic mass is 10.3. The Balaban J connectivity index is 1.50. The lowest BCUT2D eigenvalue weighted by Gasteiger charge is -2.19. The second kappa shape index (κ2) is 5.90. The molecule has 2 unspecified atom stereocenters. The summed E-state index contributed by atoms with van der Waals surface area (Å²) in [7, 11) is -3.69. The van der Waals surface area contributed by atoms with E-state index in [0.717, 1.165) is 0 Å². The van der Waals surface area contributed by atoms with Crippen molar-refractivity contribution in [2.24, 2.45) is 0 Å². The van der Waals surface area contributed by atoms with Gasteiger partial charge in [-0.3, -0.25) is 0 Å². The molecule has 4 rings (SSSR count). The van der Waals surface area contributed by atoms with Crippen molar-refractivity contribution in [2.45, 2.75) is 31.2 Å². The molecule has 1 N–H and O–H groups in total. The van der Waals surface area contributed by atoms with Gasteiger partial charge in [-0.2, -0.15) is 4.98 Å². The number of fused-ring (bicyclic) bond motifs is 1. The zero-order valence-electron chi connectivity index (χ0n) is 13.8. The van der Waals surface area contributed by atoms with Gasteiger partial charge >= 0.3 is 0 Å². The van der Waals surface area contributed by atoms with Gasteiger partial charge in [0.05, 0.1) is 6.04 Å². The fourth-order valence-electron chi connectivity index (χ4n) is 3.06. The predicted molar refractivity (Wildman–Crippen MR) is 88.6 cm³/mol. The quantitative estimate of drug-likeness (QED) is 0.694. The van der Waals surface area contributed by atoms with Crippen LogP contribution in [-0.4, -0.2) is 38.8 Å². The molecule has 3 aromatic heterocycles. The summed E-state index contributed by atoms with van der Waals surface area (Å²) in [4.78, 5) is 10.5. The fraction of sp³-hybridized carbons (Fsp3) is 0.400. The van der Waals surface area contributed by atoms with E-state index in [1.165, 1.54) is 0 Å². The Labute approximate surface area is 144 Å². The first-order chi connectivity index (χ1) is 11.9. The first-order valence-electron chi connectivity index (χ1n) is 7.86. The highest BCUT2D eigenvalue weighted by molar-refractivity contribution is 7.95. The Morgan fingerprint density at radius 1 is 1.44 bits per heavy atom. The number of oxazole rings is 1. The molecular weight excluding hydrogens is 346 g/mol. The molecule has 0 radical (unpaired) electrons. The maximum atomic E-state index is 12.6. The zero-order valence-corrected chi connectivity index (χ0v) is 14.6. The maximum absolute atomic E-state index is 12.6. The SMILES string of the molecule is Cc1noc(C)c1[S+](=O)([O-])NC1CCN(c2nc3ncccc3o2)C1. The normalized spacial score (nSPS) is 20.3. The van der Waals surface area contributed by atoms with Crippen LogP contribution in [0.15, 0.2) is 32.2 Å². The second-order valence-electron chi connectivity index (χ2n) is 6.03. The van der Waals surface area contributed by atoms with E-state index in [9.17, 15) is 8.76 Å². The second-order valence-corrected chi connectivity index (χ2v) is 7.68. The number of sulfonamides is 1. The van der Waals surface area contributed by atoms with Crippen LogP contribution < -0.4 is 9.62 Å². The van der Waals surface area contributed by atoms with Crippen LogP contribution in [-0.2, 0) is 14.6 Å². The number of aryl methyl sites for hydroxylation is 2. The zero-order chi connectivity index (χ0) is 17.6. The molecule has 2 atom stereocenters. The predicted octanol–water partition coefficient (Wildman–Crippen LogP) is 1.60. The number of anilines is 1. The smallest absolute Gasteiger partial charge is 0.300 e. The molecule has 3 aromatic rings. The maximum Gasteiger partial charge on any atom is 0.300 e. The summed E-state index contributed by atoms with van der Waals surface area (Å²) < 4.78 is 38.6. The summed E-state index contributed by atoms with van der Waals surface area (Å²) in [6, 6.07) is 3.78. The molecule has 10 heteroatoms. The number of nitrogens with one attached hydrogen (secondary N) is 1. The molecule has 132 valence electrons. The third-order valence-corrected chi connectivity index (χ3v) is 5.93. The van der Waals surface area contributed by atoms with Gasteiger partial charge in [0, 0.05) is 26.2 Å².